The fourth-order valence-corrected chi connectivity index (χ4v) is 7.67. The number of benzene rings is 3. The van der Waals surface area contributed by atoms with Crippen LogP contribution in [0.15, 0.2) is 54.6 Å². The molecule has 8 nitrogen and oxygen atoms in total. The maximum absolute atomic E-state index is 13.8. The van der Waals surface area contributed by atoms with Crippen LogP contribution in [0.5, 0.6) is 23.0 Å². The van der Waals surface area contributed by atoms with Crippen LogP contribution in [0.1, 0.15) is 62.3 Å². The summed E-state index contributed by atoms with van der Waals surface area (Å²) in [5.74, 6) is 3.02. The van der Waals surface area contributed by atoms with Gasteiger partial charge < -0.3 is 29.2 Å². The van der Waals surface area contributed by atoms with E-state index < -0.39 is 5.41 Å². The summed E-state index contributed by atoms with van der Waals surface area (Å²) in [4.78, 5) is 18.2. The van der Waals surface area contributed by atoms with E-state index in [1.165, 1.54) is 0 Å². The van der Waals surface area contributed by atoms with E-state index in [4.69, 9.17) is 18.9 Å². The molecule has 3 aromatic rings. The van der Waals surface area contributed by atoms with Crippen molar-refractivity contribution < 1.29 is 23.7 Å². The van der Waals surface area contributed by atoms with Gasteiger partial charge in [0.2, 0.25) is 11.7 Å². The predicted octanol–water partition coefficient (Wildman–Crippen LogP) is 7.15. The second-order valence-corrected chi connectivity index (χ2v) is 12.9. The molecular weight excluding hydrogens is 649 g/mol. The Morgan fingerprint density at radius 3 is 2.15 bits per heavy atom. The topological polar surface area (TPSA) is 72.5 Å². The van der Waals surface area contributed by atoms with Gasteiger partial charge in [0.1, 0.15) is 11.2 Å². The standard InChI is InChI=1S/C38H51N3O5.2ClH/c1-9-37(29-23-33(43-6)35(45-8)34(24-29)44-7)25-39-18-20-41(37)19-10-11-21-46-30-15-13-28(14-16-30)38(26(2)3)31-22-27(4)12-17-32(31)40(5)36(38)42;;/h12-17,22-24,26,39H,9-11,18-21,25H2,1-8H3;2*1H. The highest BCUT2D eigenvalue weighted by atomic mass is 35.5. The minimum Gasteiger partial charge on any atom is -0.494 e. The summed E-state index contributed by atoms with van der Waals surface area (Å²) in [6, 6.07) is 18.7. The van der Waals surface area contributed by atoms with Crippen molar-refractivity contribution >= 4 is 36.4 Å². The molecule has 2 heterocycles. The predicted molar refractivity (Wildman–Crippen MR) is 198 cm³/mol. The van der Waals surface area contributed by atoms with Crippen LogP contribution < -0.4 is 29.2 Å². The monoisotopic (exact) mass is 701 g/mol. The summed E-state index contributed by atoms with van der Waals surface area (Å²) in [5.41, 5.74) is 4.53. The van der Waals surface area contributed by atoms with E-state index in [1.807, 2.05) is 24.1 Å². The number of likely N-dealkylation sites (N-methyl/N-ethyl adjacent to an activating group) is 1. The number of halogens is 2. The number of aryl methyl sites for hydroxylation is 1. The van der Waals surface area contributed by atoms with Crippen molar-refractivity contribution in [1.82, 2.24) is 10.2 Å². The number of piperazine rings is 1. The van der Waals surface area contributed by atoms with Gasteiger partial charge in [-0.05, 0) is 85.7 Å². The van der Waals surface area contributed by atoms with Crippen molar-refractivity contribution in [1.29, 1.82) is 0 Å². The van der Waals surface area contributed by atoms with Crippen LogP contribution >= 0.6 is 24.8 Å². The molecule has 0 bridgehead atoms. The molecule has 1 fully saturated rings. The molecule has 48 heavy (non-hydrogen) atoms. The molecular formula is C38H53Cl2N3O5. The molecule has 1 amide bonds. The van der Waals surface area contributed by atoms with Crippen molar-refractivity contribution in [2.24, 2.45) is 5.92 Å². The number of hydrogen-bond donors (Lipinski definition) is 1. The lowest BCUT2D eigenvalue weighted by Gasteiger charge is -2.48. The Morgan fingerprint density at radius 2 is 1.56 bits per heavy atom. The summed E-state index contributed by atoms with van der Waals surface area (Å²) < 4.78 is 23.2. The zero-order valence-corrected chi connectivity index (χ0v) is 31.3. The van der Waals surface area contributed by atoms with Gasteiger partial charge in [0, 0.05) is 32.4 Å². The van der Waals surface area contributed by atoms with Crippen molar-refractivity contribution in [3.63, 3.8) is 0 Å². The largest absolute Gasteiger partial charge is 0.494 e. The molecule has 0 saturated carbocycles. The molecule has 2 aliphatic heterocycles. The van der Waals surface area contributed by atoms with Crippen LogP contribution in [-0.2, 0) is 15.7 Å². The summed E-state index contributed by atoms with van der Waals surface area (Å²) in [6.45, 7) is 13.0. The van der Waals surface area contributed by atoms with Gasteiger partial charge in [0.05, 0.1) is 33.5 Å². The fraction of sp³-hybridized carbons (Fsp3) is 0.500. The van der Waals surface area contributed by atoms with E-state index in [2.05, 4.69) is 80.4 Å². The molecule has 10 heteroatoms. The Morgan fingerprint density at radius 1 is 0.896 bits per heavy atom. The van der Waals surface area contributed by atoms with Gasteiger partial charge >= 0.3 is 0 Å². The van der Waals surface area contributed by atoms with E-state index in [0.717, 1.165) is 79.1 Å². The molecule has 0 spiro atoms. The van der Waals surface area contributed by atoms with Gasteiger partial charge in [-0.3, -0.25) is 9.69 Å². The number of rotatable bonds is 13. The maximum atomic E-state index is 13.8. The molecule has 5 rings (SSSR count). The highest BCUT2D eigenvalue weighted by molar-refractivity contribution is 6.10. The zero-order valence-electron chi connectivity index (χ0n) is 29.7. The van der Waals surface area contributed by atoms with E-state index in [-0.39, 0.29) is 42.2 Å². The van der Waals surface area contributed by atoms with Gasteiger partial charge in [-0.2, -0.15) is 0 Å². The molecule has 0 aliphatic carbocycles. The van der Waals surface area contributed by atoms with Crippen LogP contribution in [0.4, 0.5) is 5.69 Å². The number of unbranched alkanes of at least 4 members (excludes halogenated alkanes) is 1. The molecule has 2 atom stereocenters. The lowest BCUT2D eigenvalue weighted by molar-refractivity contribution is -0.122. The van der Waals surface area contributed by atoms with Gasteiger partial charge in [-0.1, -0.05) is 50.6 Å². The van der Waals surface area contributed by atoms with E-state index in [9.17, 15) is 4.79 Å². The number of methoxy groups -OCH3 is 3. The Kier molecular flexibility index (Phi) is 13.5. The fourth-order valence-electron chi connectivity index (χ4n) is 7.67. The number of carbonyl (C=O) groups is 1. The van der Waals surface area contributed by atoms with Gasteiger partial charge in [0.25, 0.3) is 0 Å². The minimum atomic E-state index is -0.707. The number of carbonyl (C=O) groups excluding carboxylic acids is 1. The van der Waals surface area contributed by atoms with Crippen molar-refractivity contribution in [2.75, 3.05) is 66.1 Å². The molecule has 2 unspecified atom stereocenters. The van der Waals surface area contributed by atoms with Crippen molar-refractivity contribution in [3.8, 4) is 23.0 Å². The quantitative estimate of drug-likeness (QED) is 0.190. The number of ether oxygens (including phenoxy) is 4. The van der Waals surface area contributed by atoms with Gasteiger partial charge in [0.15, 0.2) is 11.5 Å². The Hall–Kier alpha value is -3.17. The van der Waals surface area contributed by atoms with Crippen LogP contribution in [-0.4, -0.2) is 72.0 Å². The molecule has 264 valence electrons. The minimum absolute atomic E-state index is 0. The normalized spacial score (nSPS) is 20.5. The molecule has 2 aliphatic rings. The third kappa shape index (κ3) is 6.82. The molecule has 1 saturated heterocycles. The second kappa shape index (κ2) is 16.5. The number of amides is 1. The summed E-state index contributed by atoms with van der Waals surface area (Å²) >= 11 is 0. The van der Waals surface area contributed by atoms with Crippen LogP contribution in [0, 0.1) is 12.8 Å². The van der Waals surface area contributed by atoms with Crippen LogP contribution in [0.2, 0.25) is 0 Å². The third-order valence-corrected chi connectivity index (χ3v) is 10.2. The number of hydrogen-bond acceptors (Lipinski definition) is 7. The molecule has 3 aromatic carbocycles. The molecule has 1 N–H and O–H groups in total. The Balaban J connectivity index is 0.00000312. The summed E-state index contributed by atoms with van der Waals surface area (Å²) in [6.07, 6.45) is 2.89. The first-order chi connectivity index (χ1) is 22.2. The van der Waals surface area contributed by atoms with Crippen molar-refractivity contribution in [3.05, 3.63) is 76.9 Å². The maximum Gasteiger partial charge on any atom is 0.242 e. The SMILES string of the molecule is CCC1(c2cc(OC)c(OC)c(OC)c2)CNCCN1CCCCOc1ccc(C2(C(C)C)C(=O)N(C)c3ccc(C)cc32)cc1.Cl.Cl. The lowest BCUT2D eigenvalue weighted by atomic mass is 9.67. The van der Waals surface area contributed by atoms with E-state index in [0.29, 0.717) is 23.9 Å². The summed E-state index contributed by atoms with van der Waals surface area (Å²) in [5, 5.41) is 3.63. The average Bonchev–Trinajstić information content (AvgIpc) is 3.29. The average molecular weight is 703 g/mol. The number of anilines is 1. The highest BCUT2D eigenvalue weighted by Gasteiger charge is 2.53. The summed E-state index contributed by atoms with van der Waals surface area (Å²) in [7, 11) is 6.85. The first-order valence-corrected chi connectivity index (χ1v) is 16.6. The second-order valence-electron chi connectivity index (χ2n) is 12.9. The van der Waals surface area contributed by atoms with Crippen LogP contribution in [0.25, 0.3) is 0 Å². The van der Waals surface area contributed by atoms with E-state index >= 15 is 0 Å². The highest BCUT2D eigenvalue weighted by Crippen LogP contribution is 2.50. The smallest absolute Gasteiger partial charge is 0.242 e. The number of nitrogens with zero attached hydrogens (tertiary/aromatic N) is 2. The van der Waals surface area contributed by atoms with E-state index in [1.54, 1.807) is 21.3 Å². The van der Waals surface area contributed by atoms with Crippen molar-refractivity contribution in [2.45, 2.75) is 57.9 Å². The first-order valence-electron chi connectivity index (χ1n) is 16.6. The van der Waals surface area contributed by atoms with Gasteiger partial charge in [-0.25, -0.2) is 0 Å². The number of nitrogens with one attached hydrogen (secondary N) is 1. The zero-order chi connectivity index (χ0) is 33.1. The Labute approximate surface area is 299 Å². The molecule has 0 radical (unpaired) electrons. The molecule has 0 aromatic heterocycles. The Bertz CT molecular complexity index is 1510. The van der Waals surface area contributed by atoms with Crippen LogP contribution in [0.3, 0.4) is 0 Å². The van der Waals surface area contributed by atoms with Gasteiger partial charge in [-0.15, -0.1) is 24.8 Å². The third-order valence-electron chi connectivity index (χ3n) is 10.2. The first kappa shape index (κ1) is 39.3. The number of fused-ring (bicyclic) bond motifs is 1. The lowest BCUT2D eigenvalue weighted by Crippen LogP contribution is -2.59.